The van der Waals surface area contributed by atoms with Crippen molar-refractivity contribution in [3.05, 3.63) is 83.7 Å². The number of hydrogen-bond acceptors (Lipinski definition) is 3. The van der Waals surface area contributed by atoms with Gasteiger partial charge >= 0.3 is 6.18 Å². The molecule has 3 aromatic carbocycles. The van der Waals surface area contributed by atoms with Crippen LogP contribution in [0.15, 0.2) is 71.1 Å². The van der Waals surface area contributed by atoms with Crippen LogP contribution in [0.1, 0.15) is 17.0 Å². The van der Waals surface area contributed by atoms with Gasteiger partial charge in [-0.3, -0.25) is 0 Å². The van der Waals surface area contributed by atoms with Crippen molar-refractivity contribution in [2.24, 2.45) is 0 Å². The Bertz CT molecular complexity index is 1130. The van der Waals surface area contributed by atoms with Gasteiger partial charge in [-0.2, -0.15) is 13.2 Å². The molecule has 0 saturated carbocycles. The van der Waals surface area contributed by atoms with E-state index in [-0.39, 0.29) is 0 Å². The lowest BCUT2D eigenvalue weighted by atomic mass is 10.1. The van der Waals surface area contributed by atoms with Crippen molar-refractivity contribution in [3.8, 4) is 17.2 Å². The zero-order valence-electron chi connectivity index (χ0n) is 15.7. The van der Waals surface area contributed by atoms with E-state index in [1.807, 2.05) is 42.5 Å². The van der Waals surface area contributed by atoms with Crippen LogP contribution in [0.5, 0.6) is 5.75 Å². The summed E-state index contributed by atoms with van der Waals surface area (Å²) in [5.74, 6) is 1.73. The Hall–Kier alpha value is -3.28. The van der Waals surface area contributed by atoms with Crippen LogP contribution in [-0.4, -0.2) is 11.6 Å². The predicted octanol–water partition coefficient (Wildman–Crippen LogP) is 6.44. The summed E-state index contributed by atoms with van der Waals surface area (Å²) in [7, 11) is 0. The van der Waals surface area contributed by atoms with Crippen molar-refractivity contribution < 1.29 is 22.3 Å². The first-order chi connectivity index (χ1) is 13.9. The van der Waals surface area contributed by atoms with Gasteiger partial charge in [0, 0.05) is 17.4 Å². The molecule has 29 heavy (non-hydrogen) atoms. The van der Waals surface area contributed by atoms with E-state index in [2.05, 4.69) is 4.98 Å². The zero-order valence-corrected chi connectivity index (χ0v) is 15.7. The number of benzene rings is 3. The maximum atomic E-state index is 12.7. The highest BCUT2D eigenvalue weighted by Gasteiger charge is 2.30. The second-order valence-electron chi connectivity index (χ2n) is 6.67. The SMILES string of the molecule is Cc1oc(-c2ccc(C(F)(F)F)cc2)nc1CCOc1cccc2ccccc12. The number of nitrogens with zero attached hydrogens (tertiary/aromatic N) is 1. The molecule has 0 N–H and O–H groups in total. The molecule has 0 spiro atoms. The molecule has 148 valence electrons. The fourth-order valence-corrected chi connectivity index (χ4v) is 3.16. The van der Waals surface area contributed by atoms with Crippen molar-refractivity contribution in [1.29, 1.82) is 0 Å². The van der Waals surface area contributed by atoms with Gasteiger partial charge in [0.15, 0.2) is 0 Å². The van der Waals surface area contributed by atoms with Gasteiger partial charge in [-0.05, 0) is 42.6 Å². The third-order valence-corrected chi connectivity index (χ3v) is 4.70. The lowest BCUT2D eigenvalue weighted by Gasteiger charge is -2.08. The number of hydrogen-bond donors (Lipinski definition) is 0. The predicted molar refractivity (Wildman–Crippen MR) is 105 cm³/mol. The van der Waals surface area contributed by atoms with Gasteiger partial charge in [-0.15, -0.1) is 0 Å². The molecule has 4 rings (SSSR count). The van der Waals surface area contributed by atoms with Crippen LogP contribution in [0.25, 0.3) is 22.2 Å². The molecule has 0 aliphatic rings. The molecular formula is C23H18F3NO2. The monoisotopic (exact) mass is 397 g/mol. The van der Waals surface area contributed by atoms with E-state index in [0.29, 0.717) is 30.2 Å². The molecule has 0 fully saturated rings. The topological polar surface area (TPSA) is 35.3 Å². The molecule has 0 radical (unpaired) electrons. The van der Waals surface area contributed by atoms with E-state index in [9.17, 15) is 13.2 Å². The summed E-state index contributed by atoms with van der Waals surface area (Å²) in [5.41, 5.74) is 0.524. The standard InChI is InChI=1S/C23H18F3NO2/c1-15-20(13-14-28-21-8-4-6-16-5-2-3-7-19(16)21)27-22(29-15)17-9-11-18(12-10-17)23(24,25)26/h2-12H,13-14H2,1H3. The number of ether oxygens (including phenoxy) is 1. The Kier molecular flexibility index (Phi) is 5.01. The molecule has 1 heterocycles. The van der Waals surface area contributed by atoms with Gasteiger partial charge in [0.2, 0.25) is 5.89 Å². The highest BCUT2D eigenvalue weighted by atomic mass is 19.4. The van der Waals surface area contributed by atoms with E-state index < -0.39 is 11.7 Å². The van der Waals surface area contributed by atoms with Crippen molar-refractivity contribution in [2.45, 2.75) is 19.5 Å². The molecule has 1 aromatic heterocycles. The van der Waals surface area contributed by atoms with Crippen LogP contribution in [0.2, 0.25) is 0 Å². The first-order valence-corrected chi connectivity index (χ1v) is 9.16. The molecular weight excluding hydrogens is 379 g/mol. The highest BCUT2D eigenvalue weighted by molar-refractivity contribution is 5.88. The van der Waals surface area contributed by atoms with Crippen molar-refractivity contribution in [3.63, 3.8) is 0 Å². The molecule has 0 bridgehead atoms. The lowest BCUT2D eigenvalue weighted by molar-refractivity contribution is -0.137. The summed E-state index contributed by atoms with van der Waals surface area (Å²) in [6.45, 7) is 2.20. The molecule has 0 saturated heterocycles. The van der Waals surface area contributed by atoms with E-state index in [1.165, 1.54) is 12.1 Å². The second-order valence-corrected chi connectivity index (χ2v) is 6.67. The van der Waals surface area contributed by atoms with Gasteiger partial charge in [0.1, 0.15) is 11.5 Å². The normalized spacial score (nSPS) is 11.7. The van der Waals surface area contributed by atoms with E-state index in [4.69, 9.17) is 9.15 Å². The van der Waals surface area contributed by atoms with Crippen molar-refractivity contribution in [2.75, 3.05) is 6.61 Å². The molecule has 0 aliphatic heterocycles. The van der Waals surface area contributed by atoms with Gasteiger partial charge in [-0.1, -0.05) is 36.4 Å². The summed E-state index contributed by atoms with van der Waals surface area (Å²) < 4.78 is 49.7. The molecule has 3 nitrogen and oxygen atoms in total. The largest absolute Gasteiger partial charge is 0.493 e. The van der Waals surface area contributed by atoms with E-state index in [0.717, 1.165) is 34.3 Å². The molecule has 4 aromatic rings. The third-order valence-electron chi connectivity index (χ3n) is 4.70. The number of halogens is 3. The average Bonchev–Trinajstić information content (AvgIpc) is 3.08. The number of oxazole rings is 1. The number of fused-ring (bicyclic) bond motifs is 1. The Labute approximate surface area is 165 Å². The fraction of sp³-hybridized carbons (Fsp3) is 0.174. The number of aryl methyl sites for hydroxylation is 1. The third kappa shape index (κ3) is 4.11. The van der Waals surface area contributed by atoms with Crippen LogP contribution in [0.3, 0.4) is 0 Å². The summed E-state index contributed by atoms with van der Waals surface area (Å²) >= 11 is 0. The Balaban J connectivity index is 1.46. The van der Waals surface area contributed by atoms with Crippen LogP contribution in [0, 0.1) is 6.92 Å². The number of rotatable bonds is 5. The summed E-state index contributed by atoms with van der Waals surface area (Å²) in [5, 5.41) is 2.14. The highest BCUT2D eigenvalue weighted by Crippen LogP contribution is 2.31. The van der Waals surface area contributed by atoms with Crippen LogP contribution in [0.4, 0.5) is 13.2 Å². The Morgan fingerprint density at radius 2 is 1.66 bits per heavy atom. The summed E-state index contributed by atoms with van der Waals surface area (Å²) in [6, 6.07) is 18.7. The fourth-order valence-electron chi connectivity index (χ4n) is 3.16. The van der Waals surface area contributed by atoms with Crippen LogP contribution in [-0.2, 0) is 12.6 Å². The first kappa shape index (κ1) is 19.1. The first-order valence-electron chi connectivity index (χ1n) is 9.16. The van der Waals surface area contributed by atoms with Gasteiger partial charge < -0.3 is 9.15 Å². The summed E-state index contributed by atoms with van der Waals surface area (Å²) in [6.07, 6.45) is -3.84. The number of aromatic nitrogens is 1. The molecule has 0 atom stereocenters. The van der Waals surface area contributed by atoms with E-state index >= 15 is 0 Å². The maximum Gasteiger partial charge on any atom is 0.416 e. The van der Waals surface area contributed by atoms with Gasteiger partial charge in [0.25, 0.3) is 0 Å². The van der Waals surface area contributed by atoms with Gasteiger partial charge in [-0.25, -0.2) is 4.98 Å². The average molecular weight is 397 g/mol. The van der Waals surface area contributed by atoms with Gasteiger partial charge in [0.05, 0.1) is 17.9 Å². The number of alkyl halides is 3. The molecule has 0 amide bonds. The Morgan fingerprint density at radius 1 is 0.931 bits per heavy atom. The lowest BCUT2D eigenvalue weighted by Crippen LogP contribution is -2.04. The van der Waals surface area contributed by atoms with E-state index in [1.54, 1.807) is 6.92 Å². The minimum absolute atomic E-state index is 0.302. The zero-order chi connectivity index (χ0) is 20.4. The van der Waals surface area contributed by atoms with Crippen LogP contribution >= 0.6 is 0 Å². The summed E-state index contributed by atoms with van der Waals surface area (Å²) in [4.78, 5) is 4.44. The molecule has 0 unspecified atom stereocenters. The minimum Gasteiger partial charge on any atom is -0.493 e. The quantitative estimate of drug-likeness (QED) is 0.389. The Morgan fingerprint density at radius 3 is 2.41 bits per heavy atom. The second kappa shape index (κ2) is 7.62. The maximum absolute atomic E-state index is 12.7. The van der Waals surface area contributed by atoms with Crippen LogP contribution < -0.4 is 4.74 Å². The smallest absolute Gasteiger partial charge is 0.416 e. The van der Waals surface area contributed by atoms with Crippen molar-refractivity contribution >= 4 is 10.8 Å². The van der Waals surface area contributed by atoms with Crippen molar-refractivity contribution in [1.82, 2.24) is 4.98 Å². The molecule has 6 heteroatoms. The minimum atomic E-state index is -4.37. The molecule has 0 aliphatic carbocycles.